The van der Waals surface area contributed by atoms with Crippen molar-refractivity contribution in [2.45, 2.75) is 31.2 Å². The van der Waals surface area contributed by atoms with E-state index >= 15 is 0 Å². The molecule has 0 radical (unpaired) electrons. The minimum Gasteiger partial charge on any atom is -0.480 e. The minimum atomic E-state index is -0.900. The largest absolute Gasteiger partial charge is 0.480 e. The zero-order chi connectivity index (χ0) is 13.3. The van der Waals surface area contributed by atoms with Gasteiger partial charge in [0.25, 0.3) is 0 Å². The molecule has 2 aromatic rings. The summed E-state index contributed by atoms with van der Waals surface area (Å²) in [6.45, 7) is 0. The summed E-state index contributed by atoms with van der Waals surface area (Å²) in [4.78, 5) is 20.1. The number of rotatable bonds is 3. The van der Waals surface area contributed by atoms with Gasteiger partial charge in [0.15, 0.2) is 0 Å². The predicted molar refractivity (Wildman–Crippen MR) is 72.0 cm³/mol. The van der Waals surface area contributed by atoms with Crippen molar-refractivity contribution in [3.8, 4) is 0 Å². The van der Waals surface area contributed by atoms with Crippen molar-refractivity contribution in [3.63, 3.8) is 0 Å². The highest BCUT2D eigenvalue weighted by Gasteiger charge is 2.41. The molecule has 0 unspecified atom stereocenters. The summed E-state index contributed by atoms with van der Waals surface area (Å²) in [5.41, 5.74) is -0.0823. The van der Waals surface area contributed by atoms with Gasteiger partial charge in [-0.1, -0.05) is 31.0 Å². The van der Waals surface area contributed by atoms with E-state index in [9.17, 15) is 9.90 Å². The van der Waals surface area contributed by atoms with E-state index in [4.69, 9.17) is 0 Å². The van der Waals surface area contributed by atoms with E-state index in [1.165, 1.54) is 0 Å². The number of nitrogens with zero attached hydrogens (tertiary/aromatic N) is 2. The van der Waals surface area contributed by atoms with Gasteiger partial charge in [-0.05, 0) is 18.9 Å². The van der Waals surface area contributed by atoms with Crippen LogP contribution < -0.4 is 5.32 Å². The number of carboxylic acid groups (broad SMARTS) is 1. The van der Waals surface area contributed by atoms with Gasteiger partial charge in [-0.2, -0.15) is 0 Å². The summed E-state index contributed by atoms with van der Waals surface area (Å²) < 4.78 is 0. The third-order valence-corrected chi connectivity index (χ3v) is 3.71. The molecule has 5 nitrogen and oxygen atoms in total. The average Bonchev–Trinajstić information content (AvgIpc) is 2.88. The van der Waals surface area contributed by atoms with E-state index < -0.39 is 11.5 Å². The number of fused-ring (bicyclic) bond motifs is 1. The van der Waals surface area contributed by atoms with Crippen LogP contribution in [0.3, 0.4) is 0 Å². The van der Waals surface area contributed by atoms with Crippen molar-refractivity contribution in [2.75, 3.05) is 5.32 Å². The molecule has 0 saturated heterocycles. The standard InChI is InChI=1S/C14H15N3O2/c18-12(19)14(7-3-4-8-14)17-13-15-9-10-5-1-2-6-11(10)16-13/h1-2,5-6,9H,3-4,7-8H2,(H,18,19)(H,15,16,17). The van der Waals surface area contributed by atoms with Crippen LogP contribution in [0.4, 0.5) is 5.95 Å². The molecule has 0 bridgehead atoms. The Balaban J connectivity index is 1.94. The molecule has 19 heavy (non-hydrogen) atoms. The van der Waals surface area contributed by atoms with Crippen LogP contribution in [0, 0.1) is 0 Å². The lowest BCUT2D eigenvalue weighted by molar-refractivity contribution is -0.142. The Hall–Kier alpha value is -2.17. The molecule has 1 aliphatic carbocycles. The summed E-state index contributed by atoms with van der Waals surface area (Å²) in [5, 5.41) is 13.4. The highest BCUT2D eigenvalue weighted by Crippen LogP contribution is 2.32. The Labute approximate surface area is 110 Å². The second-order valence-electron chi connectivity index (χ2n) is 4.97. The fourth-order valence-electron chi connectivity index (χ4n) is 2.62. The Morgan fingerprint density at radius 2 is 2.00 bits per heavy atom. The molecule has 0 amide bonds. The van der Waals surface area contributed by atoms with E-state index in [1.54, 1.807) is 6.20 Å². The van der Waals surface area contributed by atoms with E-state index in [2.05, 4.69) is 15.3 Å². The number of aliphatic carboxylic acids is 1. The minimum absolute atomic E-state index is 0.392. The second kappa shape index (κ2) is 4.50. The van der Waals surface area contributed by atoms with E-state index in [-0.39, 0.29) is 0 Å². The Kier molecular flexibility index (Phi) is 2.81. The lowest BCUT2D eigenvalue weighted by atomic mass is 9.98. The normalized spacial score (nSPS) is 17.5. The number of aromatic nitrogens is 2. The smallest absolute Gasteiger partial charge is 0.329 e. The third-order valence-electron chi connectivity index (χ3n) is 3.71. The SMILES string of the molecule is O=C(O)C1(Nc2ncc3ccccc3n2)CCCC1. The van der Waals surface area contributed by atoms with Crippen molar-refractivity contribution in [1.82, 2.24) is 9.97 Å². The van der Waals surface area contributed by atoms with Gasteiger partial charge < -0.3 is 10.4 Å². The molecule has 1 fully saturated rings. The van der Waals surface area contributed by atoms with Crippen LogP contribution in [-0.2, 0) is 4.79 Å². The van der Waals surface area contributed by atoms with Crippen LogP contribution >= 0.6 is 0 Å². The number of para-hydroxylation sites is 1. The number of hydrogen-bond donors (Lipinski definition) is 2. The molecular formula is C14H15N3O2. The van der Waals surface area contributed by atoms with Crippen LogP contribution in [0.15, 0.2) is 30.5 Å². The van der Waals surface area contributed by atoms with E-state index in [0.29, 0.717) is 18.8 Å². The molecule has 1 saturated carbocycles. The van der Waals surface area contributed by atoms with Gasteiger partial charge in [0, 0.05) is 11.6 Å². The lowest BCUT2D eigenvalue weighted by Gasteiger charge is -2.25. The van der Waals surface area contributed by atoms with Crippen molar-refractivity contribution >= 4 is 22.8 Å². The molecule has 1 aromatic carbocycles. The number of hydrogen-bond acceptors (Lipinski definition) is 4. The van der Waals surface area contributed by atoms with Gasteiger partial charge in [-0.3, -0.25) is 0 Å². The number of carboxylic acids is 1. The zero-order valence-corrected chi connectivity index (χ0v) is 10.5. The predicted octanol–water partition coefficient (Wildman–Crippen LogP) is 2.44. The molecule has 5 heteroatoms. The third kappa shape index (κ3) is 2.12. The van der Waals surface area contributed by atoms with Crippen LogP contribution in [0.5, 0.6) is 0 Å². The first kappa shape index (κ1) is 11.9. The molecule has 0 spiro atoms. The average molecular weight is 257 g/mol. The monoisotopic (exact) mass is 257 g/mol. The summed E-state index contributed by atoms with van der Waals surface area (Å²) >= 11 is 0. The van der Waals surface area contributed by atoms with Gasteiger partial charge in [-0.25, -0.2) is 14.8 Å². The summed E-state index contributed by atoms with van der Waals surface area (Å²) in [6.07, 6.45) is 4.81. The van der Waals surface area contributed by atoms with Crippen molar-refractivity contribution in [1.29, 1.82) is 0 Å². The Morgan fingerprint density at radius 3 is 2.74 bits per heavy atom. The number of anilines is 1. The van der Waals surface area contributed by atoms with Crippen molar-refractivity contribution in [2.24, 2.45) is 0 Å². The van der Waals surface area contributed by atoms with Crippen LogP contribution in [0.25, 0.3) is 10.9 Å². The number of carbonyl (C=O) groups is 1. The zero-order valence-electron chi connectivity index (χ0n) is 10.5. The summed E-state index contributed by atoms with van der Waals surface area (Å²) in [6, 6.07) is 7.65. The molecule has 98 valence electrons. The van der Waals surface area contributed by atoms with Crippen LogP contribution in [0.1, 0.15) is 25.7 Å². The second-order valence-corrected chi connectivity index (χ2v) is 4.97. The maximum absolute atomic E-state index is 11.5. The topological polar surface area (TPSA) is 75.1 Å². The first-order chi connectivity index (χ1) is 9.20. The first-order valence-electron chi connectivity index (χ1n) is 6.43. The van der Waals surface area contributed by atoms with Gasteiger partial charge in [0.05, 0.1) is 5.52 Å². The van der Waals surface area contributed by atoms with Gasteiger partial charge >= 0.3 is 5.97 Å². The van der Waals surface area contributed by atoms with Crippen molar-refractivity contribution < 1.29 is 9.90 Å². The summed E-state index contributed by atoms with van der Waals surface area (Å²) in [5.74, 6) is -0.426. The first-order valence-corrected chi connectivity index (χ1v) is 6.43. The van der Waals surface area contributed by atoms with Crippen molar-refractivity contribution in [3.05, 3.63) is 30.5 Å². The molecule has 2 N–H and O–H groups in total. The molecule has 3 rings (SSSR count). The van der Waals surface area contributed by atoms with E-state index in [0.717, 1.165) is 23.7 Å². The highest BCUT2D eigenvalue weighted by atomic mass is 16.4. The fourth-order valence-corrected chi connectivity index (χ4v) is 2.62. The highest BCUT2D eigenvalue weighted by molar-refractivity contribution is 5.83. The maximum atomic E-state index is 11.5. The molecular weight excluding hydrogens is 242 g/mol. The number of benzene rings is 1. The van der Waals surface area contributed by atoms with Crippen LogP contribution in [-0.4, -0.2) is 26.6 Å². The molecule has 1 aliphatic rings. The van der Waals surface area contributed by atoms with Gasteiger partial charge in [0.2, 0.25) is 5.95 Å². The molecule has 1 aromatic heterocycles. The Morgan fingerprint density at radius 1 is 1.26 bits per heavy atom. The van der Waals surface area contributed by atoms with Crippen LogP contribution in [0.2, 0.25) is 0 Å². The van der Waals surface area contributed by atoms with Gasteiger partial charge in [-0.15, -0.1) is 0 Å². The van der Waals surface area contributed by atoms with Gasteiger partial charge in [0.1, 0.15) is 5.54 Å². The Bertz CT molecular complexity index is 621. The summed E-state index contributed by atoms with van der Waals surface area (Å²) in [7, 11) is 0. The molecule has 0 atom stereocenters. The fraction of sp³-hybridized carbons (Fsp3) is 0.357. The van der Waals surface area contributed by atoms with E-state index in [1.807, 2.05) is 24.3 Å². The quantitative estimate of drug-likeness (QED) is 0.883. The number of nitrogens with one attached hydrogen (secondary N) is 1. The lowest BCUT2D eigenvalue weighted by Crippen LogP contribution is -2.44. The molecule has 0 aliphatic heterocycles. The maximum Gasteiger partial charge on any atom is 0.329 e. The molecule has 1 heterocycles.